The maximum Gasteiger partial charge on any atom is 0.109 e. The number of ether oxygens (including phenoxy) is 1. The van der Waals surface area contributed by atoms with Crippen molar-refractivity contribution in [3.63, 3.8) is 0 Å². The molecule has 0 saturated carbocycles. The van der Waals surface area contributed by atoms with E-state index in [9.17, 15) is 0 Å². The van der Waals surface area contributed by atoms with Gasteiger partial charge in [0.05, 0.1) is 18.0 Å². The van der Waals surface area contributed by atoms with Gasteiger partial charge >= 0.3 is 0 Å². The normalized spacial score (nSPS) is 12.4. The maximum absolute atomic E-state index is 5.24. The molecular weight excluding hydrogens is 240 g/mol. The summed E-state index contributed by atoms with van der Waals surface area (Å²) in [6, 6.07) is 8.13. The second-order valence-corrected chi connectivity index (χ2v) is 4.45. The summed E-state index contributed by atoms with van der Waals surface area (Å²) in [6.45, 7) is 2.03. The smallest absolute Gasteiger partial charge is 0.109 e. The molecule has 19 heavy (non-hydrogen) atoms. The van der Waals surface area contributed by atoms with E-state index in [-0.39, 0.29) is 6.10 Å². The molecule has 1 unspecified atom stereocenters. The zero-order valence-corrected chi connectivity index (χ0v) is 11.5. The first-order chi connectivity index (χ1) is 9.22. The van der Waals surface area contributed by atoms with Crippen molar-refractivity contribution in [2.45, 2.75) is 19.4 Å². The highest BCUT2D eigenvalue weighted by molar-refractivity contribution is 5.64. The molecule has 2 aromatic rings. The fourth-order valence-electron chi connectivity index (χ4n) is 1.88. The van der Waals surface area contributed by atoms with Crippen molar-refractivity contribution >= 4 is 5.69 Å². The zero-order valence-electron chi connectivity index (χ0n) is 11.5. The largest absolute Gasteiger partial charge is 0.381 e. The summed E-state index contributed by atoms with van der Waals surface area (Å²) >= 11 is 0. The number of hydrogen-bond donors (Lipinski definition) is 3. The molecule has 0 saturated heterocycles. The van der Waals surface area contributed by atoms with Crippen molar-refractivity contribution in [2.24, 2.45) is 0 Å². The number of benzene rings is 1. The number of nitrogens with one attached hydrogen (secondary N) is 3. The zero-order chi connectivity index (χ0) is 13.7. The van der Waals surface area contributed by atoms with Gasteiger partial charge in [0.15, 0.2) is 0 Å². The molecular formula is C14H20N4O. The Labute approximate surface area is 113 Å². The molecule has 5 nitrogen and oxygen atoms in total. The molecule has 3 N–H and O–H groups in total. The van der Waals surface area contributed by atoms with Crippen LogP contribution in [0.4, 0.5) is 5.69 Å². The SMILES string of the molecule is CNNc1cccc(-c2cnc(CC(C)OC)[nH]2)c1. The molecule has 0 aliphatic carbocycles. The second kappa shape index (κ2) is 6.36. The van der Waals surface area contributed by atoms with Crippen LogP contribution in [0.1, 0.15) is 12.7 Å². The Morgan fingerprint density at radius 1 is 1.42 bits per heavy atom. The van der Waals surface area contributed by atoms with Crippen LogP contribution in [0.2, 0.25) is 0 Å². The van der Waals surface area contributed by atoms with Crippen molar-refractivity contribution in [1.29, 1.82) is 0 Å². The Morgan fingerprint density at radius 3 is 3.00 bits per heavy atom. The predicted octanol–water partition coefficient (Wildman–Crippen LogP) is 2.20. The Balaban J connectivity index is 2.15. The number of H-pyrrole nitrogens is 1. The molecule has 2 rings (SSSR count). The topological polar surface area (TPSA) is 62.0 Å². The van der Waals surface area contributed by atoms with Crippen LogP contribution >= 0.6 is 0 Å². The minimum absolute atomic E-state index is 0.163. The highest BCUT2D eigenvalue weighted by atomic mass is 16.5. The standard InChI is InChI=1S/C14H20N4O/c1-10(19-3)7-14-16-9-13(17-14)11-5-4-6-12(8-11)18-15-2/h4-6,8-10,15,18H,7H2,1-3H3,(H,16,17). The number of aromatic nitrogens is 2. The first-order valence-electron chi connectivity index (χ1n) is 6.32. The van der Waals surface area contributed by atoms with Gasteiger partial charge < -0.3 is 15.1 Å². The third-order valence-corrected chi connectivity index (χ3v) is 2.95. The van der Waals surface area contributed by atoms with Gasteiger partial charge in [0.1, 0.15) is 5.82 Å². The fourth-order valence-corrected chi connectivity index (χ4v) is 1.88. The number of nitrogens with zero attached hydrogens (tertiary/aromatic N) is 1. The van der Waals surface area contributed by atoms with Crippen molar-refractivity contribution < 1.29 is 4.74 Å². The Morgan fingerprint density at radius 2 is 2.26 bits per heavy atom. The van der Waals surface area contributed by atoms with E-state index in [2.05, 4.69) is 33.0 Å². The molecule has 0 spiro atoms. The van der Waals surface area contributed by atoms with Gasteiger partial charge in [-0.1, -0.05) is 12.1 Å². The molecule has 0 amide bonds. The average Bonchev–Trinajstić information content (AvgIpc) is 2.88. The van der Waals surface area contributed by atoms with E-state index >= 15 is 0 Å². The molecule has 1 aromatic carbocycles. The lowest BCUT2D eigenvalue weighted by Crippen LogP contribution is -2.14. The van der Waals surface area contributed by atoms with Crippen LogP contribution in [0.15, 0.2) is 30.5 Å². The highest BCUT2D eigenvalue weighted by Crippen LogP contribution is 2.21. The number of anilines is 1. The van der Waals surface area contributed by atoms with Crippen LogP contribution in [0.3, 0.4) is 0 Å². The van der Waals surface area contributed by atoms with E-state index in [4.69, 9.17) is 4.74 Å². The Kier molecular flexibility index (Phi) is 4.54. The van der Waals surface area contributed by atoms with E-state index in [1.54, 1.807) is 7.11 Å². The van der Waals surface area contributed by atoms with Crippen molar-refractivity contribution in [1.82, 2.24) is 15.4 Å². The number of imidazole rings is 1. The molecule has 1 aromatic heterocycles. The summed E-state index contributed by atoms with van der Waals surface area (Å²) < 4.78 is 5.24. The summed E-state index contributed by atoms with van der Waals surface area (Å²) in [7, 11) is 3.55. The van der Waals surface area contributed by atoms with Crippen LogP contribution in [-0.2, 0) is 11.2 Å². The molecule has 0 aliphatic rings. The van der Waals surface area contributed by atoms with Crippen LogP contribution < -0.4 is 10.9 Å². The third-order valence-electron chi connectivity index (χ3n) is 2.95. The van der Waals surface area contributed by atoms with Crippen molar-refractivity contribution in [3.05, 3.63) is 36.3 Å². The molecule has 0 bridgehead atoms. The summed E-state index contributed by atoms with van der Waals surface area (Å²) in [4.78, 5) is 7.71. The predicted molar refractivity (Wildman–Crippen MR) is 76.9 cm³/mol. The summed E-state index contributed by atoms with van der Waals surface area (Å²) in [5, 5.41) is 0. The van der Waals surface area contributed by atoms with Gasteiger partial charge in [0.25, 0.3) is 0 Å². The van der Waals surface area contributed by atoms with Gasteiger partial charge in [-0.15, -0.1) is 0 Å². The molecule has 0 fully saturated rings. The molecule has 0 aliphatic heterocycles. The maximum atomic E-state index is 5.24. The third kappa shape index (κ3) is 3.56. The summed E-state index contributed by atoms with van der Waals surface area (Å²) in [6.07, 6.45) is 2.80. The number of hydrazine groups is 1. The van der Waals surface area contributed by atoms with Crippen LogP contribution in [0.25, 0.3) is 11.3 Å². The molecule has 1 heterocycles. The van der Waals surface area contributed by atoms with Gasteiger partial charge in [-0.2, -0.15) is 0 Å². The summed E-state index contributed by atoms with van der Waals surface area (Å²) in [5.74, 6) is 0.941. The Hall–Kier alpha value is -1.85. The number of aromatic amines is 1. The molecule has 5 heteroatoms. The van der Waals surface area contributed by atoms with Crippen LogP contribution in [0, 0.1) is 0 Å². The van der Waals surface area contributed by atoms with Gasteiger partial charge in [-0.3, -0.25) is 0 Å². The van der Waals surface area contributed by atoms with Crippen LogP contribution in [0.5, 0.6) is 0 Å². The van der Waals surface area contributed by atoms with E-state index < -0.39 is 0 Å². The first kappa shape index (κ1) is 13.6. The number of rotatable bonds is 6. The van der Waals surface area contributed by atoms with Gasteiger partial charge in [-0.05, 0) is 19.1 Å². The minimum Gasteiger partial charge on any atom is -0.381 e. The first-order valence-corrected chi connectivity index (χ1v) is 6.32. The average molecular weight is 260 g/mol. The minimum atomic E-state index is 0.163. The van der Waals surface area contributed by atoms with Crippen molar-refractivity contribution in [2.75, 3.05) is 19.6 Å². The quantitative estimate of drug-likeness (QED) is 0.697. The van der Waals surface area contributed by atoms with Gasteiger partial charge in [0.2, 0.25) is 0 Å². The second-order valence-electron chi connectivity index (χ2n) is 4.45. The summed E-state index contributed by atoms with van der Waals surface area (Å²) in [5.41, 5.74) is 9.10. The Bertz CT molecular complexity index is 524. The van der Waals surface area contributed by atoms with E-state index in [0.717, 1.165) is 29.2 Å². The number of hydrogen-bond acceptors (Lipinski definition) is 4. The molecule has 1 atom stereocenters. The van der Waals surface area contributed by atoms with Crippen molar-refractivity contribution in [3.8, 4) is 11.3 Å². The monoisotopic (exact) mass is 260 g/mol. The highest BCUT2D eigenvalue weighted by Gasteiger charge is 2.07. The molecule has 102 valence electrons. The van der Waals surface area contributed by atoms with Gasteiger partial charge in [-0.25, -0.2) is 10.4 Å². The van der Waals surface area contributed by atoms with Crippen LogP contribution in [-0.4, -0.2) is 30.2 Å². The lowest BCUT2D eigenvalue weighted by molar-refractivity contribution is 0.117. The lowest BCUT2D eigenvalue weighted by atomic mass is 10.1. The van der Waals surface area contributed by atoms with E-state index in [1.165, 1.54) is 0 Å². The van der Waals surface area contributed by atoms with E-state index in [0.29, 0.717) is 0 Å². The number of methoxy groups -OCH3 is 1. The van der Waals surface area contributed by atoms with Gasteiger partial charge in [0, 0.05) is 31.8 Å². The lowest BCUT2D eigenvalue weighted by Gasteiger charge is -2.07. The molecule has 0 radical (unpaired) electrons. The van der Waals surface area contributed by atoms with E-state index in [1.807, 2.05) is 32.3 Å². The fraction of sp³-hybridized carbons (Fsp3) is 0.357.